The molecule has 2 atom stereocenters. The summed E-state index contributed by atoms with van der Waals surface area (Å²) in [5, 5.41) is 0. The first-order chi connectivity index (χ1) is 9.66. The Morgan fingerprint density at radius 3 is 1.38 bits per heavy atom. The van der Waals surface area contributed by atoms with Crippen molar-refractivity contribution in [2.75, 3.05) is 0 Å². The standard InChI is InChI=1S/C11H20Cl2O6P2/c12-11(13,20(14,15)18-9-5-1-2-6-9)21(16,17)19-10-7-3-4-8-10/h9-10H,1-8H2,(H,14,15)(H,16,17). The van der Waals surface area contributed by atoms with E-state index in [-0.39, 0.29) is 0 Å². The molecule has 0 radical (unpaired) electrons. The van der Waals surface area contributed by atoms with Crippen LogP contribution in [0.3, 0.4) is 0 Å². The summed E-state index contributed by atoms with van der Waals surface area (Å²) in [5.41, 5.74) is 0. The first-order valence-corrected chi connectivity index (χ1v) is 11.0. The molecular weight excluding hydrogens is 361 g/mol. The van der Waals surface area contributed by atoms with Gasteiger partial charge < -0.3 is 18.8 Å². The van der Waals surface area contributed by atoms with Crippen molar-refractivity contribution in [2.24, 2.45) is 0 Å². The summed E-state index contributed by atoms with van der Waals surface area (Å²) in [6, 6.07) is 0. The molecule has 6 nitrogen and oxygen atoms in total. The average Bonchev–Trinajstić information content (AvgIpc) is 3.01. The zero-order chi connectivity index (χ0) is 15.7. The Kier molecular flexibility index (Phi) is 5.89. The van der Waals surface area contributed by atoms with Crippen molar-refractivity contribution in [1.29, 1.82) is 0 Å². The lowest BCUT2D eigenvalue weighted by Gasteiger charge is -2.31. The van der Waals surface area contributed by atoms with Crippen LogP contribution in [0.1, 0.15) is 51.4 Å². The highest BCUT2D eigenvalue weighted by Gasteiger charge is 2.62. The molecule has 0 amide bonds. The van der Waals surface area contributed by atoms with Crippen molar-refractivity contribution < 1.29 is 28.0 Å². The zero-order valence-corrected chi connectivity index (χ0v) is 14.8. The van der Waals surface area contributed by atoms with E-state index in [4.69, 9.17) is 32.2 Å². The van der Waals surface area contributed by atoms with Crippen molar-refractivity contribution in [3.8, 4) is 0 Å². The van der Waals surface area contributed by atoms with Gasteiger partial charge in [0.05, 0.1) is 12.2 Å². The van der Waals surface area contributed by atoms with E-state index in [1.165, 1.54) is 0 Å². The van der Waals surface area contributed by atoms with Crippen LogP contribution in [0.5, 0.6) is 0 Å². The van der Waals surface area contributed by atoms with E-state index in [9.17, 15) is 18.9 Å². The van der Waals surface area contributed by atoms with E-state index in [0.29, 0.717) is 25.7 Å². The van der Waals surface area contributed by atoms with Crippen molar-refractivity contribution in [2.45, 2.75) is 67.4 Å². The van der Waals surface area contributed by atoms with Crippen LogP contribution in [0.15, 0.2) is 0 Å². The van der Waals surface area contributed by atoms with Crippen LogP contribution >= 0.6 is 38.4 Å². The van der Waals surface area contributed by atoms with E-state index < -0.39 is 31.2 Å². The summed E-state index contributed by atoms with van der Waals surface area (Å²) in [4.78, 5) is 19.9. The molecule has 0 bridgehead atoms. The topological polar surface area (TPSA) is 93.1 Å². The molecular formula is C11H20Cl2O6P2. The number of rotatable bonds is 6. The number of halogens is 2. The highest BCUT2D eigenvalue weighted by molar-refractivity contribution is 7.79. The van der Waals surface area contributed by atoms with Crippen molar-refractivity contribution in [1.82, 2.24) is 0 Å². The summed E-state index contributed by atoms with van der Waals surface area (Å²) in [6.07, 6.45) is 4.97. The average molecular weight is 381 g/mol. The quantitative estimate of drug-likeness (QED) is 0.525. The third-order valence-corrected chi connectivity index (χ3v) is 10.5. The summed E-state index contributed by atoms with van der Waals surface area (Å²) < 4.78 is 31.8. The van der Waals surface area contributed by atoms with E-state index >= 15 is 0 Å². The van der Waals surface area contributed by atoms with Crippen LogP contribution < -0.4 is 0 Å². The molecule has 0 saturated heterocycles. The third-order valence-electron chi connectivity index (χ3n) is 3.87. The van der Waals surface area contributed by atoms with Crippen molar-refractivity contribution in [3.05, 3.63) is 0 Å². The lowest BCUT2D eigenvalue weighted by Crippen LogP contribution is -2.22. The monoisotopic (exact) mass is 380 g/mol. The molecule has 2 aliphatic rings. The fourth-order valence-electron chi connectivity index (χ4n) is 2.68. The summed E-state index contributed by atoms with van der Waals surface area (Å²) in [5.74, 6) is 0. The first kappa shape index (κ1) is 18.2. The Labute approximate surface area is 134 Å². The molecule has 0 aromatic carbocycles. The van der Waals surface area contributed by atoms with E-state index in [0.717, 1.165) is 25.7 Å². The van der Waals surface area contributed by atoms with E-state index in [1.54, 1.807) is 0 Å². The van der Waals surface area contributed by atoms with Gasteiger partial charge in [0.15, 0.2) is 0 Å². The second-order valence-electron chi connectivity index (χ2n) is 5.57. The smallest absolute Gasteiger partial charge is 0.322 e. The first-order valence-electron chi connectivity index (χ1n) is 7.06. The molecule has 21 heavy (non-hydrogen) atoms. The lowest BCUT2D eigenvalue weighted by molar-refractivity contribution is 0.164. The van der Waals surface area contributed by atoms with Crippen LogP contribution in [-0.2, 0) is 18.2 Å². The van der Waals surface area contributed by atoms with Gasteiger partial charge in [-0.3, -0.25) is 9.13 Å². The Balaban J connectivity index is 2.09. The maximum absolute atomic E-state index is 12.3. The van der Waals surface area contributed by atoms with Gasteiger partial charge in [0.1, 0.15) is 0 Å². The molecule has 0 heterocycles. The largest absolute Gasteiger partial charge is 0.376 e. The SMILES string of the molecule is O=P(O)(OC1CCCC1)C(Cl)(Cl)P(=O)(O)OC1CCCC1. The van der Waals surface area contributed by atoms with Crippen molar-refractivity contribution in [3.63, 3.8) is 0 Å². The van der Waals surface area contributed by atoms with Gasteiger partial charge in [-0.15, -0.1) is 0 Å². The molecule has 2 aliphatic carbocycles. The molecule has 0 aliphatic heterocycles. The molecule has 2 fully saturated rings. The molecule has 2 unspecified atom stereocenters. The molecule has 2 rings (SSSR count). The fourth-order valence-corrected chi connectivity index (χ4v) is 6.20. The second-order valence-corrected chi connectivity index (χ2v) is 12.2. The molecule has 0 spiro atoms. The van der Waals surface area contributed by atoms with Crippen molar-refractivity contribution >= 4 is 38.4 Å². The normalized spacial score (nSPS) is 27.6. The predicted octanol–water partition coefficient (Wildman–Crippen LogP) is 4.36. The molecule has 2 saturated carbocycles. The van der Waals surface area contributed by atoms with E-state index in [1.807, 2.05) is 0 Å². The van der Waals surface area contributed by atoms with Crippen LogP contribution in [-0.4, -0.2) is 25.8 Å². The van der Waals surface area contributed by atoms with Crippen LogP contribution in [0, 0.1) is 0 Å². The van der Waals surface area contributed by atoms with E-state index in [2.05, 4.69) is 0 Å². The maximum Gasteiger partial charge on any atom is 0.376 e. The van der Waals surface area contributed by atoms with Gasteiger partial charge in [-0.2, -0.15) is 0 Å². The highest BCUT2D eigenvalue weighted by Crippen LogP contribution is 2.78. The lowest BCUT2D eigenvalue weighted by atomic mass is 10.3. The Morgan fingerprint density at radius 2 is 1.10 bits per heavy atom. The number of alkyl halides is 2. The number of hydrogen-bond acceptors (Lipinski definition) is 4. The number of hydrogen-bond donors (Lipinski definition) is 2. The maximum atomic E-state index is 12.3. The van der Waals surface area contributed by atoms with Gasteiger partial charge in [0.2, 0.25) is 0 Å². The third kappa shape index (κ3) is 4.05. The minimum absolute atomic E-state index is 0.468. The molecule has 0 aromatic rings. The minimum atomic E-state index is -4.73. The highest BCUT2D eigenvalue weighted by atomic mass is 35.5. The summed E-state index contributed by atoms with van der Waals surface area (Å²) in [7, 11) is -9.46. The second kappa shape index (κ2) is 6.78. The Bertz CT molecular complexity index is 420. The van der Waals surface area contributed by atoms with Crippen LogP contribution in [0.2, 0.25) is 0 Å². The van der Waals surface area contributed by atoms with Gasteiger partial charge >= 0.3 is 19.0 Å². The van der Waals surface area contributed by atoms with Gasteiger partial charge in [-0.1, -0.05) is 48.9 Å². The fraction of sp³-hybridized carbons (Fsp3) is 1.00. The zero-order valence-electron chi connectivity index (χ0n) is 11.5. The Hall–Kier alpha value is 0.880. The van der Waals surface area contributed by atoms with Gasteiger partial charge in [0, 0.05) is 0 Å². The molecule has 2 N–H and O–H groups in total. The molecule has 0 aromatic heterocycles. The molecule has 10 heteroatoms. The molecule has 124 valence electrons. The Morgan fingerprint density at radius 1 is 0.810 bits per heavy atom. The van der Waals surface area contributed by atoms with Gasteiger partial charge in [0.25, 0.3) is 0 Å². The summed E-state index contributed by atoms with van der Waals surface area (Å²) in [6.45, 7) is 0. The summed E-state index contributed by atoms with van der Waals surface area (Å²) >= 11 is 11.5. The van der Waals surface area contributed by atoms with Crippen LogP contribution in [0.4, 0.5) is 0 Å². The van der Waals surface area contributed by atoms with Gasteiger partial charge in [-0.25, -0.2) is 0 Å². The predicted molar refractivity (Wildman–Crippen MR) is 80.8 cm³/mol. The minimum Gasteiger partial charge on any atom is -0.322 e. The van der Waals surface area contributed by atoms with Gasteiger partial charge in [-0.05, 0) is 25.7 Å². The van der Waals surface area contributed by atoms with Crippen LogP contribution in [0.25, 0.3) is 0 Å².